The van der Waals surface area contributed by atoms with Crippen LogP contribution in [0, 0.1) is 11.6 Å². The van der Waals surface area contributed by atoms with E-state index in [1.54, 1.807) is 24.3 Å². The minimum Gasteiger partial charge on any atom is -0.442 e. The Morgan fingerprint density at radius 2 is 1.22 bits per heavy atom. The summed E-state index contributed by atoms with van der Waals surface area (Å²) >= 11 is 0. The first-order chi connectivity index (χ1) is 24.2. The SMILES string of the molecule is O=CNC[C@H]1CN(c2ccc(N3CCN(C(=O)CO)CC3)c(F)c2)C(=O)O1.O=CNC[C@H]1CN(c2ccc(N3CCOCC3)c(F)c2)C(=O)O1. The number of rotatable bonds is 11. The summed E-state index contributed by atoms with van der Waals surface area (Å²) in [5, 5.41) is 13.8. The van der Waals surface area contributed by atoms with Gasteiger partial charge < -0.3 is 44.7 Å². The summed E-state index contributed by atoms with van der Waals surface area (Å²) in [6.45, 7) is 4.55. The van der Waals surface area contributed by atoms with E-state index in [0.717, 1.165) is 0 Å². The summed E-state index contributed by atoms with van der Waals surface area (Å²) in [6, 6.07) is 9.21. The third-order valence-electron chi connectivity index (χ3n) is 8.55. The van der Waals surface area contributed by atoms with E-state index in [2.05, 4.69) is 10.6 Å². The van der Waals surface area contributed by atoms with Gasteiger partial charge >= 0.3 is 12.2 Å². The monoisotopic (exact) mass is 703 g/mol. The zero-order valence-electron chi connectivity index (χ0n) is 27.2. The molecule has 0 aliphatic carbocycles. The van der Waals surface area contributed by atoms with Gasteiger partial charge in [-0.25, -0.2) is 18.4 Å². The van der Waals surface area contributed by atoms with Crippen molar-refractivity contribution in [3.8, 4) is 0 Å². The fourth-order valence-corrected chi connectivity index (χ4v) is 5.98. The Bertz CT molecular complexity index is 1540. The molecule has 4 aliphatic rings. The predicted octanol–water partition coefficient (Wildman–Crippen LogP) is 0.271. The van der Waals surface area contributed by atoms with Crippen LogP contribution in [0.2, 0.25) is 0 Å². The number of carbonyl (C=O) groups is 5. The number of benzene rings is 2. The smallest absolute Gasteiger partial charge is 0.414 e. The van der Waals surface area contributed by atoms with E-state index in [1.807, 2.05) is 9.80 Å². The lowest BCUT2D eigenvalue weighted by molar-refractivity contribution is -0.134. The van der Waals surface area contributed by atoms with Crippen LogP contribution in [0.15, 0.2) is 36.4 Å². The van der Waals surface area contributed by atoms with Gasteiger partial charge in [-0.15, -0.1) is 0 Å². The molecule has 4 heterocycles. The van der Waals surface area contributed by atoms with Crippen LogP contribution >= 0.6 is 0 Å². The number of aliphatic hydroxyl groups excluding tert-OH is 1. The number of morpholine rings is 1. The van der Waals surface area contributed by atoms with Crippen molar-refractivity contribution in [2.24, 2.45) is 0 Å². The molecule has 0 saturated carbocycles. The molecule has 2 aromatic carbocycles. The van der Waals surface area contributed by atoms with Gasteiger partial charge in [0.05, 0.1) is 62.1 Å². The van der Waals surface area contributed by atoms with Crippen molar-refractivity contribution in [3.63, 3.8) is 0 Å². The number of aliphatic hydroxyl groups is 1. The van der Waals surface area contributed by atoms with Crippen molar-refractivity contribution in [1.29, 1.82) is 0 Å². The number of hydrogen-bond acceptors (Lipinski definition) is 11. The maximum Gasteiger partial charge on any atom is 0.414 e. The number of nitrogens with one attached hydrogen (secondary N) is 2. The van der Waals surface area contributed by atoms with Crippen molar-refractivity contribution in [1.82, 2.24) is 15.5 Å². The zero-order valence-corrected chi connectivity index (χ0v) is 27.2. The Labute approximate surface area is 286 Å². The number of anilines is 4. The van der Waals surface area contributed by atoms with Crippen LogP contribution in [-0.4, -0.2) is 138 Å². The standard InChI is InChI=1S/C17H21FN4O5.C15H18FN3O4/c18-14-7-12(22-9-13(8-19-11-24)27-17(22)26)1-2-15(14)20-3-5-21(6-4-20)16(25)10-23;16-13-7-11(1-2-14(13)18-3-5-22-6-4-18)19-9-12(8-17-10-20)23-15(19)21/h1-2,7,11,13,23H,3-6,8-10H2,(H,19,24);1-2,7,10,12H,3-6,8-9H2,(H,17,20)/t13-;12-/m00/s1. The van der Waals surface area contributed by atoms with Gasteiger partial charge in [-0.1, -0.05) is 0 Å². The predicted molar refractivity (Wildman–Crippen MR) is 175 cm³/mol. The number of carbonyl (C=O) groups excluding carboxylic acids is 5. The minimum atomic E-state index is -0.587. The van der Waals surface area contributed by atoms with E-state index in [1.165, 1.54) is 26.8 Å². The van der Waals surface area contributed by atoms with Gasteiger partial charge in [0.25, 0.3) is 0 Å². The molecule has 0 bridgehead atoms. The molecule has 0 radical (unpaired) electrons. The minimum absolute atomic E-state index is 0.198. The fourth-order valence-electron chi connectivity index (χ4n) is 5.98. The van der Waals surface area contributed by atoms with E-state index >= 15 is 0 Å². The third-order valence-corrected chi connectivity index (χ3v) is 8.55. The Balaban J connectivity index is 0.000000197. The Morgan fingerprint density at radius 1 is 0.760 bits per heavy atom. The third kappa shape index (κ3) is 8.67. The van der Waals surface area contributed by atoms with Gasteiger partial charge in [0.15, 0.2) is 0 Å². The van der Waals surface area contributed by atoms with Gasteiger partial charge in [0, 0.05) is 39.3 Å². The lowest BCUT2D eigenvalue weighted by Gasteiger charge is -2.36. The molecular formula is C32H39F2N7O9. The summed E-state index contributed by atoms with van der Waals surface area (Å²) in [4.78, 5) is 64.0. The highest BCUT2D eigenvalue weighted by atomic mass is 19.1. The van der Waals surface area contributed by atoms with Gasteiger partial charge in [-0.3, -0.25) is 24.2 Å². The van der Waals surface area contributed by atoms with Crippen molar-refractivity contribution in [3.05, 3.63) is 48.0 Å². The molecule has 4 aliphatic heterocycles. The first kappa shape index (κ1) is 36.1. The number of piperazine rings is 1. The Morgan fingerprint density at radius 3 is 1.64 bits per heavy atom. The summed E-state index contributed by atoms with van der Waals surface area (Å²) in [7, 11) is 0. The molecule has 18 heteroatoms. The molecule has 2 aromatic rings. The van der Waals surface area contributed by atoms with Crippen LogP contribution in [0.4, 0.5) is 41.1 Å². The zero-order chi connectivity index (χ0) is 35.6. The molecule has 0 unspecified atom stereocenters. The van der Waals surface area contributed by atoms with E-state index in [4.69, 9.17) is 19.3 Å². The van der Waals surface area contributed by atoms with Crippen molar-refractivity contribution in [2.75, 3.05) is 105 Å². The Kier molecular flexibility index (Phi) is 12.2. The maximum atomic E-state index is 14.6. The van der Waals surface area contributed by atoms with Crippen LogP contribution < -0.4 is 30.2 Å². The summed E-state index contributed by atoms with van der Waals surface area (Å²) in [5.41, 5.74) is 1.72. The van der Waals surface area contributed by atoms with Crippen LogP contribution in [0.25, 0.3) is 0 Å². The molecule has 3 N–H and O–H groups in total. The Hall–Kier alpha value is -5.23. The number of ether oxygens (including phenoxy) is 3. The number of cyclic esters (lactones) is 2. The second-order valence-electron chi connectivity index (χ2n) is 11.7. The molecule has 4 saturated heterocycles. The van der Waals surface area contributed by atoms with Crippen molar-refractivity contribution < 1.29 is 52.1 Å². The fraction of sp³-hybridized carbons (Fsp3) is 0.469. The van der Waals surface area contributed by atoms with E-state index < -0.39 is 36.8 Å². The number of amides is 5. The van der Waals surface area contributed by atoms with Crippen LogP contribution in [0.3, 0.4) is 0 Å². The number of hydrogen-bond donors (Lipinski definition) is 3. The van der Waals surface area contributed by atoms with Gasteiger partial charge in [-0.2, -0.15) is 0 Å². The molecule has 6 rings (SSSR count). The molecule has 50 heavy (non-hydrogen) atoms. The van der Waals surface area contributed by atoms with Crippen LogP contribution in [0.1, 0.15) is 0 Å². The second kappa shape index (κ2) is 16.9. The quantitative estimate of drug-likeness (QED) is 0.274. The van der Waals surface area contributed by atoms with Crippen LogP contribution in [-0.2, 0) is 28.6 Å². The van der Waals surface area contributed by atoms with Gasteiger partial charge in [0.2, 0.25) is 18.7 Å². The molecule has 2 atom stereocenters. The van der Waals surface area contributed by atoms with E-state index in [-0.39, 0.29) is 37.9 Å². The molecule has 4 fully saturated rings. The summed E-state index contributed by atoms with van der Waals surface area (Å²) < 4.78 is 44.6. The molecule has 0 spiro atoms. The highest BCUT2D eigenvalue weighted by Crippen LogP contribution is 2.30. The van der Waals surface area contributed by atoms with Crippen LogP contribution in [0.5, 0.6) is 0 Å². The van der Waals surface area contributed by atoms with Gasteiger partial charge in [-0.05, 0) is 36.4 Å². The first-order valence-electron chi connectivity index (χ1n) is 16.1. The average molecular weight is 704 g/mol. The highest BCUT2D eigenvalue weighted by molar-refractivity contribution is 5.91. The first-order valence-corrected chi connectivity index (χ1v) is 16.1. The van der Waals surface area contributed by atoms with E-state index in [0.29, 0.717) is 88.1 Å². The molecule has 0 aromatic heterocycles. The summed E-state index contributed by atoms with van der Waals surface area (Å²) in [5.74, 6) is -1.19. The lowest BCUT2D eigenvalue weighted by Crippen LogP contribution is -2.49. The normalized spacial score (nSPS) is 20.5. The summed E-state index contributed by atoms with van der Waals surface area (Å²) in [6.07, 6.45) is -0.971. The second-order valence-corrected chi connectivity index (χ2v) is 11.7. The number of halogens is 2. The topological polar surface area (TPSA) is 174 Å². The molecule has 270 valence electrons. The molecule has 5 amide bonds. The largest absolute Gasteiger partial charge is 0.442 e. The maximum absolute atomic E-state index is 14.6. The van der Waals surface area contributed by atoms with Crippen molar-refractivity contribution in [2.45, 2.75) is 12.2 Å². The average Bonchev–Trinajstić information content (AvgIpc) is 3.71. The number of nitrogens with zero attached hydrogens (tertiary/aromatic N) is 5. The van der Waals surface area contributed by atoms with Crippen molar-refractivity contribution >= 4 is 53.7 Å². The molecular weight excluding hydrogens is 664 g/mol. The molecule has 16 nitrogen and oxygen atoms in total. The van der Waals surface area contributed by atoms with Gasteiger partial charge in [0.1, 0.15) is 30.4 Å². The lowest BCUT2D eigenvalue weighted by atomic mass is 10.2. The van der Waals surface area contributed by atoms with E-state index in [9.17, 15) is 32.8 Å². The highest BCUT2D eigenvalue weighted by Gasteiger charge is 2.34.